The molecule has 1 unspecified atom stereocenters. The zero-order valence-corrected chi connectivity index (χ0v) is 16.2. The summed E-state index contributed by atoms with van der Waals surface area (Å²) >= 11 is 6.58. The maximum atomic E-state index is 13.2. The normalized spacial score (nSPS) is 12.5. The van der Waals surface area contributed by atoms with Crippen LogP contribution >= 0.6 is 22.9 Å². The molecule has 0 aliphatic heterocycles. The van der Waals surface area contributed by atoms with Crippen molar-refractivity contribution < 1.29 is 31.9 Å². The molecule has 0 fully saturated rings. The number of nitrogens with one attached hydrogen (secondary N) is 1. The number of hydrogen-bond donors (Lipinski definition) is 1. The molecule has 1 N–H and O–H groups in total. The first kappa shape index (κ1) is 22.1. The van der Waals surface area contributed by atoms with Crippen molar-refractivity contribution >= 4 is 39.9 Å². The van der Waals surface area contributed by atoms with E-state index in [0.29, 0.717) is 10.4 Å². The van der Waals surface area contributed by atoms with Crippen molar-refractivity contribution in [2.75, 3.05) is 11.9 Å². The Labute approximate surface area is 165 Å². The third kappa shape index (κ3) is 4.98. The molecule has 2 heterocycles. The summed E-state index contributed by atoms with van der Waals surface area (Å²) in [4.78, 5) is 27.8. The van der Waals surface area contributed by atoms with Crippen LogP contribution in [0.5, 0.6) is 0 Å². The van der Waals surface area contributed by atoms with Gasteiger partial charge in [-0.05, 0) is 13.8 Å². The summed E-state index contributed by atoms with van der Waals surface area (Å²) < 4.78 is 57.5. The van der Waals surface area contributed by atoms with E-state index in [1.807, 2.05) is 0 Å². The molecule has 0 radical (unpaired) electrons. The third-order valence-electron chi connectivity index (χ3n) is 3.48. The fourth-order valence-electron chi connectivity index (χ4n) is 2.20. The zero-order valence-electron chi connectivity index (χ0n) is 14.6. The average Bonchev–Trinajstić information content (AvgIpc) is 3.18. The molecule has 2 rings (SSSR count). The lowest BCUT2D eigenvalue weighted by atomic mass is 10.3. The predicted molar refractivity (Wildman–Crippen MR) is 92.9 cm³/mol. The molecule has 1 atom stereocenters. The number of halogens is 5. The van der Waals surface area contributed by atoms with Gasteiger partial charge in [-0.15, -0.1) is 11.3 Å². The topological polar surface area (TPSA) is 86.1 Å². The summed E-state index contributed by atoms with van der Waals surface area (Å²) in [6.07, 6.45) is -6.48. The van der Waals surface area contributed by atoms with Gasteiger partial charge < -0.3 is 10.1 Å². The first-order valence-corrected chi connectivity index (χ1v) is 9.16. The highest BCUT2D eigenvalue weighted by Crippen LogP contribution is 2.36. The van der Waals surface area contributed by atoms with Crippen molar-refractivity contribution in [3.05, 3.63) is 27.5 Å². The minimum Gasteiger partial charge on any atom is -0.466 e. The average molecular weight is 443 g/mol. The van der Waals surface area contributed by atoms with Crippen LogP contribution < -0.4 is 5.32 Å². The largest absolute Gasteiger partial charge is 0.466 e. The monoisotopic (exact) mass is 442 g/mol. The molecule has 0 aliphatic rings. The standard InChI is InChI=1S/C15H15ClF4N4O3S/c1-3-27-8(25)4-7-5-28-15(21-7)22-14(26)6(2)24-11(13(19)20)9(16)10(23-24)12(17)18/h5-6,12-13H,3-4H2,1-2H3,(H,21,22,26). The maximum absolute atomic E-state index is 13.2. The lowest BCUT2D eigenvalue weighted by Crippen LogP contribution is -2.26. The van der Waals surface area contributed by atoms with Crippen LogP contribution in [0.1, 0.15) is 49.8 Å². The summed E-state index contributed by atoms with van der Waals surface area (Å²) in [5, 5.41) is 6.48. The number of alkyl halides is 4. The van der Waals surface area contributed by atoms with Gasteiger partial charge in [-0.25, -0.2) is 27.2 Å². The van der Waals surface area contributed by atoms with Crippen LogP contribution in [0, 0.1) is 0 Å². The number of carbonyl (C=O) groups excluding carboxylic acids is 2. The number of amides is 1. The van der Waals surface area contributed by atoms with Crippen molar-refractivity contribution in [3.8, 4) is 0 Å². The lowest BCUT2D eigenvalue weighted by Gasteiger charge is -2.14. The van der Waals surface area contributed by atoms with E-state index >= 15 is 0 Å². The van der Waals surface area contributed by atoms with Crippen LogP contribution in [0.3, 0.4) is 0 Å². The summed E-state index contributed by atoms with van der Waals surface area (Å²) in [5.41, 5.74) is -1.65. The lowest BCUT2D eigenvalue weighted by molar-refractivity contribution is -0.142. The number of rotatable bonds is 8. The number of carbonyl (C=O) groups is 2. The van der Waals surface area contributed by atoms with Crippen molar-refractivity contribution in [2.24, 2.45) is 0 Å². The molecule has 13 heteroatoms. The van der Waals surface area contributed by atoms with Gasteiger partial charge in [0.25, 0.3) is 18.8 Å². The second-order valence-electron chi connectivity index (χ2n) is 5.42. The van der Waals surface area contributed by atoms with Gasteiger partial charge in [0.05, 0.1) is 23.7 Å². The quantitative estimate of drug-likeness (QED) is 0.489. The smallest absolute Gasteiger partial charge is 0.311 e. The number of ether oxygens (including phenoxy) is 1. The van der Waals surface area contributed by atoms with Crippen molar-refractivity contribution in [1.82, 2.24) is 14.8 Å². The number of aromatic nitrogens is 3. The summed E-state index contributed by atoms with van der Waals surface area (Å²) in [7, 11) is 0. The molecule has 0 aromatic carbocycles. The molecule has 2 aromatic rings. The Morgan fingerprint density at radius 1 is 1.32 bits per heavy atom. The zero-order chi connectivity index (χ0) is 21.0. The Morgan fingerprint density at radius 3 is 2.57 bits per heavy atom. The Hall–Kier alpha value is -2.21. The van der Waals surface area contributed by atoms with E-state index < -0.39 is 47.2 Å². The number of thiazole rings is 1. The fourth-order valence-corrected chi connectivity index (χ4v) is 3.20. The number of anilines is 1. The minimum atomic E-state index is -3.21. The van der Waals surface area contributed by atoms with E-state index in [-0.39, 0.29) is 18.2 Å². The Morgan fingerprint density at radius 2 is 2.00 bits per heavy atom. The Bertz CT molecular complexity index is 858. The molecule has 0 saturated carbocycles. The van der Waals surface area contributed by atoms with Crippen LogP contribution in [0.2, 0.25) is 5.02 Å². The molecule has 0 bridgehead atoms. The molecular weight excluding hydrogens is 428 g/mol. The van der Waals surface area contributed by atoms with Crippen LogP contribution in [0.15, 0.2) is 5.38 Å². The van der Waals surface area contributed by atoms with Gasteiger partial charge in [-0.2, -0.15) is 5.10 Å². The summed E-state index contributed by atoms with van der Waals surface area (Å²) in [6.45, 7) is 3.07. The second-order valence-corrected chi connectivity index (χ2v) is 6.66. The van der Waals surface area contributed by atoms with Crippen molar-refractivity contribution in [1.29, 1.82) is 0 Å². The Balaban J connectivity index is 2.16. The van der Waals surface area contributed by atoms with Crippen LogP contribution in [0.25, 0.3) is 0 Å². The SMILES string of the molecule is CCOC(=O)Cc1csc(NC(=O)C(C)n2nc(C(F)F)c(Cl)c2C(F)F)n1. The number of nitrogens with zero attached hydrogens (tertiary/aromatic N) is 3. The van der Waals surface area contributed by atoms with E-state index in [2.05, 4.69) is 15.4 Å². The summed E-state index contributed by atoms with van der Waals surface area (Å²) in [6, 6.07) is -1.37. The van der Waals surface area contributed by atoms with Crippen LogP contribution in [-0.4, -0.2) is 33.2 Å². The highest BCUT2D eigenvalue weighted by atomic mass is 35.5. The summed E-state index contributed by atoms with van der Waals surface area (Å²) in [5.74, 6) is -1.31. The van der Waals surface area contributed by atoms with Crippen LogP contribution in [-0.2, 0) is 20.7 Å². The van der Waals surface area contributed by atoms with Gasteiger partial charge in [0, 0.05) is 5.38 Å². The number of esters is 1. The molecular formula is C15H15ClF4N4O3S. The maximum Gasteiger partial charge on any atom is 0.311 e. The first-order chi connectivity index (χ1) is 13.1. The molecule has 28 heavy (non-hydrogen) atoms. The van der Waals surface area contributed by atoms with E-state index in [1.54, 1.807) is 6.92 Å². The first-order valence-electron chi connectivity index (χ1n) is 7.90. The third-order valence-corrected chi connectivity index (χ3v) is 4.68. The molecule has 0 saturated heterocycles. The minimum absolute atomic E-state index is 0.0991. The molecule has 1 amide bonds. The van der Waals surface area contributed by atoms with Crippen molar-refractivity contribution in [2.45, 2.75) is 39.2 Å². The highest BCUT2D eigenvalue weighted by Gasteiger charge is 2.32. The number of hydrogen-bond acceptors (Lipinski definition) is 6. The fraction of sp³-hybridized carbons (Fsp3) is 0.467. The predicted octanol–water partition coefficient (Wildman–Crippen LogP) is 4.17. The Kier molecular flexibility index (Phi) is 7.35. The van der Waals surface area contributed by atoms with Crippen LogP contribution in [0.4, 0.5) is 22.7 Å². The highest BCUT2D eigenvalue weighted by molar-refractivity contribution is 7.13. The van der Waals surface area contributed by atoms with Gasteiger partial charge in [0.2, 0.25) is 0 Å². The molecule has 2 aromatic heterocycles. The molecule has 7 nitrogen and oxygen atoms in total. The van der Waals surface area contributed by atoms with Crippen molar-refractivity contribution in [3.63, 3.8) is 0 Å². The van der Waals surface area contributed by atoms with Gasteiger partial charge in [0.1, 0.15) is 17.4 Å². The molecule has 0 aliphatic carbocycles. The van der Waals surface area contributed by atoms with E-state index in [4.69, 9.17) is 16.3 Å². The second kappa shape index (κ2) is 9.32. The van der Waals surface area contributed by atoms with Gasteiger partial charge >= 0.3 is 5.97 Å². The van der Waals surface area contributed by atoms with Gasteiger partial charge in [0.15, 0.2) is 5.13 Å². The van der Waals surface area contributed by atoms with E-state index in [9.17, 15) is 27.2 Å². The van der Waals surface area contributed by atoms with Gasteiger partial charge in [-0.1, -0.05) is 11.6 Å². The van der Waals surface area contributed by atoms with E-state index in [0.717, 1.165) is 11.3 Å². The van der Waals surface area contributed by atoms with Gasteiger partial charge in [-0.3, -0.25) is 9.59 Å². The van der Waals surface area contributed by atoms with E-state index in [1.165, 1.54) is 12.3 Å². The molecule has 0 spiro atoms. The molecule has 154 valence electrons.